The largest absolute Gasteiger partial charge is 0.324 e. The highest BCUT2D eigenvalue weighted by Crippen LogP contribution is 2.22. The summed E-state index contributed by atoms with van der Waals surface area (Å²) in [4.78, 5) is 5.84. The summed E-state index contributed by atoms with van der Waals surface area (Å²) < 4.78 is 0. The number of rotatable bonds is 3. The third-order valence-electron chi connectivity index (χ3n) is 3.28. The van der Waals surface area contributed by atoms with Gasteiger partial charge in [-0.3, -0.25) is 4.98 Å². The van der Waals surface area contributed by atoms with Crippen molar-refractivity contribution >= 4 is 22.2 Å². The molecular weight excluding hydrogens is 252 g/mol. The second-order valence-corrected chi connectivity index (χ2v) is 5.83. The van der Waals surface area contributed by atoms with E-state index in [1.165, 1.54) is 10.4 Å². The predicted molar refractivity (Wildman–Crippen MR) is 81.4 cm³/mol. The second kappa shape index (κ2) is 5.11. The van der Waals surface area contributed by atoms with Gasteiger partial charge in [0.2, 0.25) is 0 Å². The molecule has 3 aromatic rings. The molecular formula is C16H16N2S. The van der Waals surface area contributed by atoms with Crippen LogP contribution in [0.2, 0.25) is 0 Å². The van der Waals surface area contributed by atoms with Gasteiger partial charge in [0.25, 0.3) is 0 Å². The maximum absolute atomic E-state index is 6.29. The van der Waals surface area contributed by atoms with E-state index in [2.05, 4.69) is 46.8 Å². The molecule has 3 rings (SSSR count). The minimum Gasteiger partial charge on any atom is -0.324 e. The first-order valence-corrected chi connectivity index (χ1v) is 7.25. The molecule has 2 heterocycles. The maximum Gasteiger partial charge on any atom is 0.0705 e. The lowest BCUT2D eigenvalue weighted by Crippen LogP contribution is -2.12. The molecule has 0 saturated carbocycles. The lowest BCUT2D eigenvalue weighted by atomic mass is 10.0. The van der Waals surface area contributed by atoms with Crippen LogP contribution in [0.3, 0.4) is 0 Å². The Labute approximate surface area is 116 Å². The summed E-state index contributed by atoms with van der Waals surface area (Å²) >= 11 is 1.76. The van der Waals surface area contributed by atoms with E-state index < -0.39 is 0 Å². The Bertz CT molecular complexity index is 689. The van der Waals surface area contributed by atoms with Crippen LogP contribution < -0.4 is 5.73 Å². The Balaban J connectivity index is 1.90. The highest BCUT2D eigenvalue weighted by atomic mass is 32.1. The highest BCUT2D eigenvalue weighted by molar-refractivity contribution is 7.09. The number of nitrogens with zero attached hydrogens (tertiary/aromatic N) is 1. The van der Waals surface area contributed by atoms with Crippen molar-refractivity contribution < 1.29 is 0 Å². The molecule has 0 aliphatic rings. The molecule has 1 aromatic carbocycles. The third-order valence-corrected chi connectivity index (χ3v) is 4.18. The Morgan fingerprint density at radius 1 is 1.21 bits per heavy atom. The van der Waals surface area contributed by atoms with Crippen LogP contribution in [0.4, 0.5) is 0 Å². The van der Waals surface area contributed by atoms with Gasteiger partial charge >= 0.3 is 0 Å². The van der Waals surface area contributed by atoms with Crippen molar-refractivity contribution in [3.63, 3.8) is 0 Å². The molecule has 0 saturated heterocycles. The van der Waals surface area contributed by atoms with Crippen LogP contribution in [0.15, 0.2) is 47.8 Å². The fourth-order valence-corrected chi connectivity index (χ4v) is 3.00. The lowest BCUT2D eigenvalue weighted by Gasteiger charge is -2.12. The zero-order chi connectivity index (χ0) is 13.2. The molecule has 0 fully saturated rings. The Morgan fingerprint density at radius 2 is 2.11 bits per heavy atom. The van der Waals surface area contributed by atoms with E-state index in [9.17, 15) is 0 Å². The maximum atomic E-state index is 6.29. The van der Waals surface area contributed by atoms with E-state index in [1.54, 1.807) is 11.3 Å². The fourth-order valence-electron chi connectivity index (χ4n) is 2.24. The van der Waals surface area contributed by atoms with Crippen LogP contribution in [0, 0.1) is 6.92 Å². The van der Waals surface area contributed by atoms with Crippen LogP contribution >= 0.6 is 11.3 Å². The standard InChI is InChI=1S/C16H16N2S/c1-11-4-5-13-9-12(6-7-16(13)18-11)15(17)10-14-3-2-8-19-14/h2-9,15H,10,17H2,1H3. The number of aromatic nitrogens is 1. The van der Waals surface area contributed by atoms with Crippen LogP contribution in [0.1, 0.15) is 22.2 Å². The van der Waals surface area contributed by atoms with Gasteiger partial charge in [0.1, 0.15) is 0 Å². The van der Waals surface area contributed by atoms with Crippen LogP contribution in [0.25, 0.3) is 10.9 Å². The quantitative estimate of drug-likeness (QED) is 0.783. The summed E-state index contributed by atoms with van der Waals surface area (Å²) in [5, 5.41) is 3.25. The normalized spacial score (nSPS) is 12.7. The van der Waals surface area contributed by atoms with Crippen molar-refractivity contribution in [2.45, 2.75) is 19.4 Å². The van der Waals surface area contributed by atoms with Crippen molar-refractivity contribution in [2.24, 2.45) is 5.73 Å². The summed E-state index contributed by atoms with van der Waals surface area (Å²) in [5.41, 5.74) is 9.55. The zero-order valence-corrected chi connectivity index (χ0v) is 11.7. The van der Waals surface area contributed by atoms with E-state index >= 15 is 0 Å². The summed E-state index contributed by atoms with van der Waals surface area (Å²) in [6.07, 6.45) is 0.891. The van der Waals surface area contributed by atoms with Gasteiger partial charge in [-0.1, -0.05) is 18.2 Å². The van der Waals surface area contributed by atoms with E-state index in [0.717, 1.165) is 23.0 Å². The topological polar surface area (TPSA) is 38.9 Å². The van der Waals surface area contributed by atoms with Gasteiger partial charge in [0.05, 0.1) is 5.52 Å². The zero-order valence-electron chi connectivity index (χ0n) is 10.8. The van der Waals surface area contributed by atoms with Crippen LogP contribution in [-0.4, -0.2) is 4.98 Å². The molecule has 1 atom stereocenters. The number of hydrogen-bond donors (Lipinski definition) is 1. The SMILES string of the molecule is Cc1ccc2cc(C(N)Cc3cccs3)ccc2n1. The van der Waals surface area contributed by atoms with E-state index in [4.69, 9.17) is 5.73 Å². The molecule has 1 unspecified atom stereocenters. The van der Waals surface area contributed by atoms with Gasteiger partial charge in [-0.05, 0) is 42.1 Å². The van der Waals surface area contributed by atoms with Gasteiger partial charge in [0.15, 0.2) is 0 Å². The van der Waals surface area contributed by atoms with Crippen LogP contribution in [-0.2, 0) is 6.42 Å². The summed E-state index contributed by atoms with van der Waals surface area (Å²) in [7, 11) is 0. The van der Waals surface area contributed by atoms with Crippen molar-refractivity contribution in [2.75, 3.05) is 0 Å². The van der Waals surface area contributed by atoms with Crippen LogP contribution in [0.5, 0.6) is 0 Å². The number of nitrogens with two attached hydrogens (primary N) is 1. The lowest BCUT2D eigenvalue weighted by molar-refractivity contribution is 0.731. The Kier molecular flexibility index (Phi) is 3.32. The van der Waals surface area contributed by atoms with Gasteiger partial charge in [-0.2, -0.15) is 0 Å². The predicted octanol–water partition coefficient (Wildman–Crippen LogP) is 3.85. The molecule has 0 bridgehead atoms. The molecule has 2 aromatic heterocycles. The number of thiophene rings is 1. The number of hydrogen-bond acceptors (Lipinski definition) is 3. The fraction of sp³-hybridized carbons (Fsp3) is 0.188. The molecule has 96 valence electrons. The minimum absolute atomic E-state index is 0.0457. The van der Waals surface area contributed by atoms with E-state index in [-0.39, 0.29) is 6.04 Å². The Hall–Kier alpha value is -1.71. The molecule has 0 spiro atoms. The Morgan fingerprint density at radius 3 is 2.89 bits per heavy atom. The second-order valence-electron chi connectivity index (χ2n) is 4.79. The first kappa shape index (κ1) is 12.3. The van der Waals surface area contributed by atoms with Gasteiger partial charge in [-0.25, -0.2) is 0 Å². The molecule has 0 aliphatic carbocycles. The number of aryl methyl sites for hydroxylation is 1. The average molecular weight is 268 g/mol. The van der Waals surface area contributed by atoms with Gasteiger partial charge in [-0.15, -0.1) is 11.3 Å². The summed E-state index contributed by atoms with van der Waals surface area (Å²) in [6.45, 7) is 2.01. The van der Waals surface area contributed by atoms with E-state index in [0.29, 0.717) is 0 Å². The van der Waals surface area contributed by atoms with E-state index in [1.807, 2.05) is 13.0 Å². The number of pyridine rings is 1. The van der Waals surface area contributed by atoms with Crippen molar-refractivity contribution in [3.05, 3.63) is 64.0 Å². The minimum atomic E-state index is 0.0457. The number of fused-ring (bicyclic) bond motifs is 1. The average Bonchev–Trinajstić information content (AvgIpc) is 2.91. The summed E-state index contributed by atoms with van der Waals surface area (Å²) in [5.74, 6) is 0. The number of benzene rings is 1. The molecule has 0 aliphatic heterocycles. The summed E-state index contributed by atoms with van der Waals surface area (Å²) in [6, 6.07) is 14.7. The van der Waals surface area contributed by atoms with Crippen molar-refractivity contribution in [3.8, 4) is 0 Å². The third kappa shape index (κ3) is 2.67. The monoisotopic (exact) mass is 268 g/mol. The van der Waals surface area contributed by atoms with Crippen molar-refractivity contribution in [1.82, 2.24) is 4.98 Å². The molecule has 19 heavy (non-hydrogen) atoms. The highest BCUT2D eigenvalue weighted by Gasteiger charge is 2.08. The molecule has 3 heteroatoms. The molecule has 2 nitrogen and oxygen atoms in total. The first-order valence-electron chi connectivity index (χ1n) is 6.37. The molecule has 0 radical (unpaired) electrons. The first-order chi connectivity index (χ1) is 9.22. The molecule has 0 amide bonds. The van der Waals surface area contributed by atoms with Crippen molar-refractivity contribution in [1.29, 1.82) is 0 Å². The van der Waals surface area contributed by atoms with Gasteiger partial charge < -0.3 is 5.73 Å². The molecule has 2 N–H and O–H groups in total. The van der Waals surface area contributed by atoms with Gasteiger partial charge in [0, 0.05) is 28.4 Å². The smallest absolute Gasteiger partial charge is 0.0705 e.